The van der Waals surface area contributed by atoms with Gasteiger partial charge < -0.3 is 9.84 Å². The Morgan fingerprint density at radius 1 is 1.19 bits per heavy atom. The summed E-state index contributed by atoms with van der Waals surface area (Å²) in [6.45, 7) is 0. The molecule has 2 aromatic rings. The Morgan fingerprint density at radius 2 is 1.70 bits per heavy atom. The summed E-state index contributed by atoms with van der Waals surface area (Å²) >= 11 is 10.6. The highest BCUT2D eigenvalue weighted by Gasteiger charge is 2.38. The van der Waals surface area contributed by atoms with Crippen LogP contribution in [0.3, 0.4) is 0 Å². The lowest BCUT2D eigenvalue weighted by atomic mass is 10.2. The molecule has 27 heavy (non-hydrogen) atoms. The van der Waals surface area contributed by atoms with E-state index in [4.69, 9.17) is 23.2 Å². The van der Waals surface area contributed by atoms with Gasteiger partial charge >= 0.3 is 17.7 Å². The Kier molecular flexibility index (Phi) is 5.83. The van der Waals surface area contributed by atoms with Crippen LogP contribution in [0.15, 0.2) is 17.0 Å². The average molecular weight is 455 g/mol. The van der Waals surface area contributed by atoms with Crippen LogP contribution in [0.2, 0.25) is 10.0 Å². The number of hydrogen-bond donors (Lipinski definition) is 1. The maximum atomic E-state index is 12.8. The number of carbonyl (C=O) groups is 1. The first-order valence-electron chi connectivity index (χ1n) is 6.49. The minimum absolute atomic E-state index is 0.325. The lowest BCUT2D eigenvalue weighted by Crippen LogP contribution is -2.08. The van der Waals surface area contributed by atoms with Gasteiger partial charge in [0.15, 0.2) is 5.69 Å². The standard InChI is InChI=1S/C13H6Cl2F6N2O3S/c1-26-11(25)7-9(27-13(19,20)21)10(24)23(22-7)8-5(14)2-4(3-6(8)15)12(16,17)18/h2-3,24H,1H3. The maximum Gasteiger partial charge on any atom is 0.446 e. The normalized spacial score (nSPS) is 12.3. The molecule has 1 N–H and O–H groups in total. The lowest BCUT2D eigenvalue weighted by molar-refractivity contribution is -0.137. The van der Waals surface area contributed by atoms with Crippen molar-refractivity contribution >= 4 is 40.9 Å². The number of rotatable bonds is 3. The molecule has 0 amide bonds. The van der Waals surface area contributed by atoms with Gasteiger partial charge in [-0.3, -0.25) is 0 Å². The summed E-state index contributed by atoms with van der Waals surface area (Å²) in [6, 6.07) is 0.885. The Hall–Kier alpha value is -1.79. The number of ether oxygens (including phenoxy) is 1. The molecule has 1 heterocycles. The van der Waals surface area contributed by atoms with Gasteiger partial charge in [0.2, 0.25) is 5.88 Å². The molecule has 5 nitrogen and oxygen atoms in total. The van der Waals surface area contributed by atoms with Crippen molar-refractivity contribution in [1.29, 1.82) is 0 Å². The first kappa shape index (κ1) is 21.5. The first-order valence-corrected chi connectivity index (χ1v) is 8.06. The third kappa shape index (κ3) is 4.55. The van der Waals surface area contributed by atoms with E-state index in [0.717, 1.165) is 7.11 Å². The van der Waals surface area contributed by atoms with E-state index in [-0.39, 0.29) is 0 Å². The van der Waals surface area contributed by atoms with Gasteiger partial charge in [0, 0.05) is 0 Å². The van der Waals surface area contributed by atoms with Crippen LogP contribution in [0.4, 0.5) is 26.3 Å². The van der Waals surface area contributed by atoms with Gasteiger partial charge in [-0.1, -0.05) is 23.2 Å². The van der Waals surface area contributed by atoms with Crippen molar-refractivity contribution in [2.45, 2.75) is 16.6 Å². The largest absolute Gasteiger partial charge is 0.492 e. The van der Waals surface area contributed by atoms with E-state index in [1.165, 1.54) is 0 Å². The van der Waals surface area contributed by atoms with Crippen LogP contribution >= 0.6 is 35.0 Å². The van der Waals surface area contributed by atoms with E-state index in [1.54, 1.807) is 0 Å². The smallest absolute Gasteiger partial charge is 0.446 e. The Morgan fingerprint density at radius 3 is 2.11 bits per heavy atom. The molecule has 0 aliphatic heterocycles. The highest BCUT2D eigenvalue weighted by Crippen LogP contribution is 2.46. The summed E-state index contributed by atoms with van der Waals surface area (Å²) in [5.74, 6) is -2.53. The number of aromatic hydroxyl groups is 1. The Labute approximate surface area is 160 Å². The molecule has 2 rings (SSSR count). The van der Waals surface area contributed by atoms with E-state index in [1.807, 2.05) is 0 Å². The molecule has 0 aliphatic rings. The van der Waals surface area contributed by atoms with Crippen LogP contribution in [0.25, 0.3) is 5.69 Å². The summed E-state index contributed by atoms with van der Waals surface area (Å²) in [5, 5.41) is 12.2. The van der Waals surface area contributed by atoms with E-state index in [2.05, 4.69) is 9.84 Å². The monoisotopic (exact) mass is 454 g/mol. The summed E-state index contributed by atoms with van der Waals surface area (Å²) in [5.41, 5.74) is -7.62. The number of hydrogen-bond acceptors (Lipinski definition) is 5. The zero-order valence-corrected chi connectivity index (χ0v) is 15.1. The predicted octanol–water partition coefficient (Wildman–Crippen LogP) is 5.30. The third-order valence-corrected chi connectivity index (χ3v) is 4.36. The fourth-order valence-electron chi connectivity index (χ4n) is 1.92. The molecule has 0 aliphatic carbocycles. The Balaban J connectivity index is 2.72. The second-order valence-electron chi connectivity index (χ2n) is 4.74. The highest BCUT2D eigenvalue weighted by molar-refractivity contribution is 8.00. The summed E-state index contributed by atoms with van der Waals surface area (Å²) in [7, 11) is 0.860. The van der Waals surface area contributed by atoms with E-state index in [9.17, 15) is 36.2 Å². The van der Waals surface area contributed by atoms with Crippen molar-refractivity contribution in [3.05, 3.63) is 33.4 Å². The van der Waals surface area contributed by atoms with Gasteiger partial charge in [-0.15, -0.1) is 0 Å². The zero-order valence-electron chi connectivity index (χ0n) is 12.7. The summed E-state index contributed by atoms with van der Waals surface area (Å²) in [4.78, 5) is 10.6. The number of esters is 1. The second-order valence-corrected chi connectivity index (χ2v) is 6.63. The van der Waals surface area contributed by atoms with Crippen molar-refractivity contribution in [1.82, 2.24) is 9.78 Å². The topological polar surface area (TPSA) is 64.3 Å². The predicted molar refractivity (Wildman–Crippen MR) is 83.5 cm³/mol. The van der Waals surface area contributed by atoms with E-state index < -0.39 is 67.2 Å². The van der Waals surface area contributed by atoms with Gasteiger partial charge in [-0.05, 0) is 23.9 Å². The maximum absolute atomic E-state index is 12.8. The van der Waals surface area contributed by atoms with Crippen molar-refractivity contribution in [3.8, 4) is 11.6 Å². The van der Waals surface area contributed by atoms with Crippen LogP contribution in [-0.2, 0) is 10.9 Å². The van der Waals surface area contributed by atoms with Crippen molar-refractivity contribution in [2.75, 3.05) is 7.11 Å². The summed E-state index contributed by atoms with van der Waals surface area (Å²) < 4.78 is 81.1. The first-order chi connectivity index (χ1) is 12.3. The zero-order chi connectivity index (χ0) is 20.7. The van der Waals surface area contributed by atoms with Gasteiger partial charge in [0.25, 0.3) is 0 Å². The fourth-order valence-corrected chi connectivity index (χ4v) is 3.20. The highest BCUT2D eigenvalue weighted by atomic mass is 35.5. The van der Waals surface area contributed by atoms with Gasteiger partial charge in [-0.25, -0.2) is 4.79 Å². The number of aromatic nitrogens is 2. The molecule has 14 heteroatoms. The molecule has 0 spiro atoms. The number of carbonyl (C=O) groups excluding carboxylic acids is 1. The number of alkyl halides is 6. The number of thioether (sulfide) groups is 1. The molecular formula is C13H6Cl2F6N2O3S. The molecule has 0 atom stereocenters. The average Bonchev–Trinajstić information content (AvgIpc) is 2.81. The number of halogens is 8. The minimum Gasteiger partial charge on any atom is -0.492 e. The van der Waals surface area contributed by atoms with Crippen LogP contribution in [0.1, 0.15) is 16.1 Å². The van der Waals surface area contributed by atoms with E-state index in [0.29, 0.717) is 16.8 Å². The molecule has 0 bridgehead atoms. The molecule has 1 aromatic carbocycles. The molecule has 0 unspecified atom stereocenters. The minimum atomic E-state index is -4.91. The van der Waals surface area contributed by atoms with Gasteiger partial charge in [0.05, 0.1) is 22.7 Å². The molecule has 0 saturated heterocycles. The second kappa shape index (κ2) is 7.32. The number of methoxy groups -OCH3 is 1. The summed E-state index contributed by atoms with van der Waals surface area (Å²) in [6.07, 6.45) is -4.80. The Bertz CT molecular complexity index is 874. The van der Waals surface area contributed by atoms with Crippen molar-refractivity contribution < 1.29 is 41.0 Å². The molecular weight excluding hydrogens is 449 g/mol. The quantitative estimate of drug-likeness (QED) is 0.387. The van der Waals surface area contributed by atoms with Crippen LogP contribution in [0.5, 0.6) is 5.88 Å². The van der Waals surface area contributed by atoms with Crippen molar-refractivity contribution in [2.24, 2.45) is 0 Å². The molecule has 148 valence electrons. The van der Waals surface area contributed by atoms with Gasteiger partial charge in [0.1, 0.15) is 10.6 Å². The molecule has 0 fully saturated rings. The SMILES string of the molecule is COC(=O)c1nn(-c2c(Cl)cc(C(F)(F)F)cc2Cl)c(O)c1SC(F)(F)F. The van der Waals surface area contributed by atoms with Gasteiger partial charge in [-0.2, -0.15) is 36.1 Å². The number of benzene rings is 1. The van der Waals surface area contributed by atoms with Crippen LogP contribution in [-0.4, -0.2) is 33.5 Å². The number of nitrogens with zero attached hydrogens (tertiary/aromatic N) is 2. The lowest BCUT2D eigenvalue weighted by Gasteiger charge is -2.13. The molecule has 0 radical (unpaired) electrons. The van der Waals surface area contributed by atoms with E-state index >= 15 is 0 Å². The molecule has 1 aromatic heterocycles. The third-order valence-electron chi connectivity index (χ3n) is 2.97. The van der Waals surface area contributed by atoms with Crippen LogP contribution in [0, 0.1) is 0 Å². The molecule has 0 saturated carbocycles. The van der Waals surface area contributed by atoms with Crippen molar-refractivity contribution in [3.63, 3.8) is 0 Å². The fraction of sp³-hybridized carbons (Fsp3) is 0.231. The van der Waals surface area contributed by atoms with Crippen LogP contribution < -0.4 is 0 Å².